The molecule has 1 N–H and O–H groups in total. The SMILES string of the molecule is Cc1ccc(S(=O)(=O)OCCO[C@@H]2C[C@@H](COC(=O)c3ccccc3)N(C(=O)O)C2)cc1. The van der Waals surface area contributed by atoms with Crippen LogP contribution in [-0.4, -0.2) is 69.0 Å². The van der Waals surface area contributed by atoms with Gasteiger partial charge in [0.25, 0.3) is 10.1 Å². The first-order valence-corrected chi connectivity index (χ1v) is 11.5. The molecule has 172 valence electrons. The van der Waals surface area contributed by atoms with Crippen molar-refractivity contribution in [3.05, 3.63) is 65.7 Å². The Balaban J connectivity index is 1.46. The molecule has 10 heteroatoms. The second kappa shape index (κ2) is 10.6. The number of aryl methyl sites for hydroxylation is 1. The highest BCUT2D eigenvalue weighted by Gasteiger charge is 2.36. The molecule has 1 saturated heterocycles. The number of benzene rings is 2. The number of ether oxygens (including phenoxy) is 2. The Morgan fingerprint density at radius 3 is 2.41 bits per heavy atom. The molecule has 0 unspecified atom stereocenters. The van der Waals surface area contributed by atoms with Crippen LogP contribution in [0.5, 0.6) is 0 Å². The van der Waals surface area contributed by atoms with E-state index >= 15 is 0 Å². The average molecular weight is 464 g/mol. The van der Waals surface area contributed by atoms with Crippen molar-refractivity contribution in [2.24, 2.45) is 0 Å². The van der Waals surface area contributed by atoms with E-state index < -0.39 is 34.3 Å². The summed E-state index contributed by atoms with van der Waals surface area (Å²) in [6.07, 6.45) is -1.29. The van der Waals surface area contributed by atoms with Crippen molar-refractivity contribution < 1.29 is 36.8 Å². The summed E-state index contributed by atoms with van der Waals surface area (Å²) < 4.78 is 40.3. The summed E-state index contributed by atoms with van der Waals surface area (Å²) in [5.74, 6) is -0.532. The van der Waals surface area contributed by atoms with Crippen molar-refractivity contribution in [1.29, 1.82) is 0 Å². The predicted octanol–water partition coefficient (Wildman–Crippen LogP) is 2.69. The first-order chi connectivity index (χ1) is 15.3. The molecule has 1 fully saturated rings. The lowest BCUT2D eigenvalue weighted by Crippen LogP contribution is -2.38. The number of likely N-dealkylation sites (tertiary alicyclic amines) is 1. The van der Waals surface area contributed by atoms with Gasteiger partial charge in [-0.25, -0.2) is 9.59 Å². The highest BCUT2D eigenvalue weighted by molar-refractivity contribution is 7.86. The van der Waals surface area contributed by atoms with Crippen molar-refractivity contribution in [1.82, 2.24) is 4.90 Å². The smallest absolute Gasteiger partial charge is 0.407 e. The zero-order valence-electron chi connectivity index (χ0n) is 17.5. The summed E-state index contributed by atoms with van der Waals surface area (Å²) in [5.41, 5.74) is 1.31. The number of hydrogen-bond acceptors (Lipinski definition) is 7. The summed E-state index contributed by atoms with van der Waals surface area (Å²) in [6.45, 7) is 1.61. The van der Waals surface area contributed by atoms with Crippen LogP contribution in [0.1, 0.15) is 22.3 Å². The van der Waals surface area contributed by atoms with Gasteiger partial charge >= 0.3 is 12.1 Å². The number of rotatable bonds is 9. The largest absolute Gasteiger partial charge is 0.465 e. The van der Waals surface area contributed by atoms with Gasteiger partial charge in [0.15, 0.2) is 0 Å². The molecule has 3 rings (SSSR count). The molecule has 0 spiro atoms. The van der Waals surface area contributed by atoms with Crippen LogP contribution in [0.4, 0.5) is 4.79 Å². The summed E-state index contributed by atoms with van der Waals surface area (Å²) in [6, 6.07) is 14.2. The number of amides is 1. The third-order valence-electron chi connectivity index (χ3n) is 5.02. The standard InChI is InChI=1S/C22H25NO8S/c1-16-7-9-20(10-8-16)32(27,28)31-12-11-29-19-13-18(23(14-19)22(25)26)15-30-21(24)17-5-3-2-4-6-17/h2-10,18-19H,11-15H2,1H3,(H,25,26)/t18-,19+/m0/s1. The van der Waals surface area contributed by atoms with Crippen LogP contribution in [0.25, 0.3) is 0 Å². The number of hydrogen-bond donors (Lipinski definition) is 1. The molecule has 2 atom stereocenters. The van der Waals surface area contributed by atoms with Gasteiger partial charge in [-0.1, -0.05) is 35.9 Å². The fourth-order valence-electron chi connectivity index (χ4n) is 3.35. The molecule has 2 aromatic carbocycles. The fraction of sp³-hybridized carbons (Fsp3) is 0.364. The minimum Gasteiger partial charge on any atom is -0.465 e. The predicted molar refractivity (Wildman–Crippen MR) is 114 cm³/mol. The van der Waals surface area contributed by atoms with Gasteiger partial charge in [0.05, 0.1) is 42.4 Å². The molecular formula is C22H25NO8S. The van der Waals surface area contributed by atoms with Crippen molar-refractivity contribution >= 4 is 22.2 Å². The lowest BCUT2D eigenvalue weighted by molar-refractivity contribution is 0.0377. The van der Waals surface area contributed by atoms with Crippen LogP contribution in [0.2, 0.25) is 0 Å². The maximum atomic E-state index is 12.2. The Bertz CT molecular complexity index is 1020. The highest BCUT2D eigenvalue weighted by atomic mass is 32.2. The average Bonchev–Trinajstić information content (AvgIpc) is 3.19. The van der Waals surface area contributed by atoms with Crippen molar-refractivity contribution in [3.63, 3.8) is 0 Å². The second-order valence-electron chi connectivity index (χ2n) is 7.37. The van der Waals surface area contributed by atoms with E-state index in [0.29, 0.717) is 12.0 Å². The molecule has 0 bridgehead atoms. The molecule has 1 aliphatic heterocycles. The van der Waals surface area contributed by atoms with Gasteiger partial charge in [-0.2, -0.15) is 8.42 Å². The van der Waals surface area contributed by atoms with Crippen molar-refractivity contribution in [2.45, 2.75) is 30.4 Å². The Kier molecular flexibility index (Phi) is 7.84. The van der Waals surface area contributed by atoms with E-state index in [1.54, 1.807) is 42.5 Å². The van der Waals surface area contributed by atoms with E-state index in [9.17, 15) is 23.1 Å². The molecule has 9 nitrogen and oxygen atoms in total. The molecule has 0 saturated carbocycles. The quantitative estimate of drug-likeness (QED) is 0.342. The monoisotopic (exact) mass is 463 g/mol. The van der Waals surface area contributed by atoms with E-state index in [4.69, 9.17) is 13.7 Å². The molecule has 1 amide bonds. The first-order valence-electron chi connectivity index (χ1n) is 10.1. The van der Waals surface area contributed by atoms with E-state index in [2.05, 4.69) is 0 Å². The molecule has 0 aromatic heterocycles. The van der Waals surface area contributed by atoms with E-state index in [-0.39, 0.29) is 31.3 Å². The third kappa shape index (κ3) is 6.28. The normalized spacial score (nSPS) is 18.5. The van der Waals surface area contributed by atoms with E-state index in [1.165, 1.54) is 12.1 Å². The maximum Gasteiger partial charge on any atom is 0.407 e. The summed E-state index contributed by atoms with van der Waals surface area (Å²) >= 11 is 0. The second-order valence-corrected chi connectivity index (χ2v) is 8.99. The zero-order chi connectivity index (χ0) is 23.1. The fourth-order valence-corrected chi connectivity index (χ4v) is 4.24. The Labute approximate surface area is 186 Å². The number of nitrogens with zero attached hydrogens (tertiary/aromatic N) is 1. The van der Waals surface area contributed by atoms with Crippen LogP contribution in [0, 0.1) is 6.92 Å². The first kappa shape index (κ1) is 23.7. The van der Waals surface area contributed by atoms with Crippen LogP contribution in [-0.2, 0) is 23.8 Å². The molecular weight excluding hydrogens is 438 g/mol. The topological polar surface area (TPSA) is 119 Å². The van der Waals surface area contributed by atoms with Gasteiger partial charge in [0, 0.05) is 0 Å². The number of carbonyl (C=O) groups excluding carboxylic acids is 1. The minimum absolute atomic E-state index is 0.0280. The lowest BCUT2D eigenvalue weighted by Gasteiger charge is -2.20. The van der Waals surface area contributed by atoms with Gasteiger partial charge in [-0.3, -0.25) is 9.08 Å². The summed E-state index contributed by atoms with van der Waals surface area (Å²) in [5, 5.41) is 9.43. The molecule has 0 aliphatic carbocycles. The Morgan fingerprint density at radius 1 is 1.06 bits per heavy atom. The van der Waals surface area contributed by atoms with Gasteiger partial charge in [-0.15, -0.1) is 0 Å². The Morgan fingerprint density at radius 2 is 1.75 bits per heavy atom. The zero-order valence-corrected chi connectivity index (χ0v) is 18.4. The van der Waals surface area contributed by atoms with E-state index in [0.717, 1.165) is 10.5 Å². The maximum absolute atomic E-state index is 12.2. The van der Waals surface area contributed by atoms with Gasteiger partial charge in [-0.05, 0) is 37.6 Å². The van der Waals surface area contributed by atoms with Crippen molar-refractivity contribution in [3.8, 4) is 0 Å². The van der Waals surface area contributed by atoms with Crippen LogP contribution in [0.3, 0.4) is 0 Å². The van der Waals surface area contributed by atoms with Gasteiger partial charge < -0.3 is 14.6 Å². The molecule has 2 aromatic rings. The Hall–Kier alpha value is -2.95. The number of carbonyl (C=O) groups is 2. The minimum atomic E-state index is -3.89. The van der Waals surface area contributed by atoms with E-state index in [1.807, 2.05) is 6.92 Å². The van der Waals surface area contributed by atoms with Gasteiger partial charge in [0.2, 0.25) is 0 Å². The van der Waals surface area contributed by atoms with Gasteiger partial charge in [0.1, 0.15) is 6.61 Å². The lowest BCUT2D eigenvalue weighted by atomic mass is 10.2. The molecule has 0 radical (unpaired) electrons. The number of esters is 1. The third-order valence-corrected chi connectivity index (χ3v) is 6.35. The van der Waals surface area contributed by atoms with Crippen LogP contribution in [0.15, 0.2) is 59.5 Å². The summed E-state index contributed by atoms with van der Waals surface area (Å²) in [4.78, 5) is 24.9. The highest BCUT2D eigenvalue weighted by Crippen LogP contribution is 2.22. The van der Waals surface area contributed by atoms with Crippen molar-refractivity contribution in [2.75, 3.05) is 26.4 Å². The molecule has 32 heavy (non-hydrogen) atoms. The molecule has 1 heterocycles. The number of carboxylic acid groups (broad SMARTS) is 1. The summed E-state index contributed by atoms with van der Waals surface area (Å²) in [7, 11) is -3.89. The van der Waals surface area contributed by atoms with Crippen LogP contribution < -0.4 is 0 Å². The molecule has 1 aliphatic rings. The van der Waals surface area contributed by atoms with Crippen LogP contribution >= 0.6 is 0 Å².